The van der Waals surface area contributed by atoms with Gasteiger partial charge in [-0.3, -0.25) is 24.6 Å². The molecule has 1 fully saturated rings. The largest absolute Gasteiger partial charge is 0.507 e. The number of aliphatic hydroxyl groups excluding tert-OH is 1. The maximum absolute atomic E-state index is 13.3. The lowest BCUT2D eigenvalue weighted by atomic mass is 9.95. The fraction of sp³-hybridized carbons (Fsp3) is 0.0800. The average Bonchev–Trinajstić information content (AvgIpc) is 3.41. The standard InChI is InChI=1S/C25H16ClN3O6S/c1-35-17-10-11-18-19(12-17)36-25(27-18)28-21(13-4-8-16(9-5-13)29(33)34)20(23(31)24(28)32)22(30)14-2-6-15(26)7-3-14/h2-12,21,30H,1H3/b22-20+/t21-/m1/s1. The molecule has 1 aliphatic heterocycles. The van der Waals surface area contributed by atoms with Crippen LogP contribution >= 0.6 is 22.9 Å². The second-order valence-electron chi connectivity index (χ2n) is 7.85. The van der Waals surface area contributed by atoms with E-state index in [9.17, 15) is 24.8 Å². The number of nitro groups is 1. The number of hydrogen-bond acceptors (Lipinski definition) is 8. The molecule has 1 atom stereocenters. The van der Waals surface area contributed by atoms with E-state index < -0.39 is 28.4 Å². The Bertz CT molecular complexity index is 1560. The summed E-state index contributed by atoms with van der Waals surface area (Å²) in [5, 5.41) is 23.0. The SMILES string of the molecule is COc1ccc2nc(N3C(=O)C(=O)/C(=C(/O)c4ccc(Cl)cc4)[C@H]3c3ccc([N+](=O)[O-])cc3)sc2c1. The van der Waals surface area contributed by atoms with Crippen LogP contribution in [-0.2, 0) is 9.59 Å². The molecule has 0 spiro atoms. The molecule has 0 saturated carbocycles. The molecule has 0 aliphatic carbocycles. The molecule has 36 heavy (non-hydrogen) atoms. The quantitative estimate of drug-likeness (QED) is 0.121. The number of rotatable bonds is 5. The van der Waals surface area contributed by atoms with Crippen molar-refractivity contribution in [2.75, 3.05) is 12.0 Å². The highest BCUT2D eigenvalue weighted by molar-refractivity contribution is 7.22. The van der Waals surface area contributed by atoms with Crippen LogP contribution in [0.3, 0.4) is 0 Å². The number of thiazole rings is 1. The van der Waals surface area contributed by atoms with Crippen molar-refractivity contribution < 1.29 is 24.4 Å². The second-order valence-corrected chi connectivity index (χ2v) is 9.30. The van der Waals surface area contributed by atoms with E-state index in [1.54, 1.807) is 30.3 Å². The van der Waals surface area contributed by atoms with Gasteiger partial charge in [0.15, 0.2) is 5.13 Å². The lowest BCUT2D eigenvalue weighted by Crippen LogP contribution is -2.29. The summed E-state index contributed by atoms with van der Waals surface area (Å²) in [6.45, 7) is 0. The third kappa shape index (κ3) is 3.96. The highest BCUT2D eigenvalue weighted by atomic mass is 35.5. The van der Waals surface area contributed by atoms with E-state index in [-0.39, 0.29) is 16.4 Å². The number of nitro benzene ring substituents is 1. The Hall–Kier alpha value is -4.28. The number of non-ortho nitro benzene ring substituents is 1. The van der Waals surface area contributed by atoms with Gasteiger partial charge in [0.05, 0.1) is 33.9 Å². The highest BCUT2D eigenvalue weighted by Gasteiger charge is 2.48. The topological polar surface area (TPSA) is 123 Å². The Morgan fingerprint density at radius 1 is 1.11 bits per heavy atom. The van der Waals surface area contributed by atoms with Gasteiger partial charge in [0.1, 0.15) is 11.5 Å². The third-order valence-electron chi connectivity index (χ3n) is 5.77. The minimum atomic E-state index is -1.07. The van der Waals surface area contributed by atoms with E-state index in [1.165, 1.54) is 59.7 Å². The van der Waals surface area contributed by atoms with E-state index in [0.717, 1.165) is 4.70 Å². The number of Topliss-reactive ketones (excluding diaryl/α,β-unsaturated/α-hetero) is 1. The van der Waals surface area contributed by atoms with Gasteiger partial charge in [-0.05, 0) is 60.2 Å². The van der Waals surface area contributed by atoms with E-state index >= 15 is 0 Å². The molecule has 0 bridgehead atoms. The van der Waals surface area contributed by atoms with Crippen LogP contribution < -0.4 is 9.64 Å². The first-order valence-corrected chi connectivity index (χ1v) is 11.7. The number of carbonyl (C=O) groups excluding carboxylic acids is 2. The van der Waals surface area contributed by atoms with Crippen molar-refractivity contribution in [3.8, 4) is 5.75 Å². The zero-order valence-electron chi connectivity index (χ0n) is 18.5. The van der Waals surface area contributed by atoms with Gasteiger partial charge in [0.2, 0.25) is 0 Å². The number of aliphatic hydroxyl groups is 1. The number of methoxy groups -OCH3 is 1. The summed E-state index contributed by atoms with van der Waals surface area (Å²) in [6.07, 6.45) is 0. The third-order valence-corrected chi connectivity index (χ3v) is 7.04. The maximum atomic E-state index is 13.3. The molecule has 4 aromatic rings. The fourth-order valence-electron chi connectivity index (χ4n) is 4.01. The van der Waals surface area contributed by atoms with Crippen LogP contribution in [0, 0.1) is 10.1 Å². The second kappa shape index (κ2) is 9.06. The molecule has 1 aromatic heterocycles. The van der Waals surface area contributed by atoms with Crippen molar-refractivity contribution in [2.45, 2.75) is 6.04 Å². The number of nitrogens with zero attached hydrogens (tertiary/aromatic N) is 3. The molecule has 3 aromatic carbocycles. The smallest absolute Gasteiger partial charge is 0.301 e. The normalized spacial score (nSPS) is 17.1. The Balaban J connectivity index is 1.71. The molecule has 180 valence electrons. The van der Waals surface area contributed by atoms with Crippen molar-refractivity contribution in [3.63, 3.8) is 0 Å². The molecule has 0 unspecified atom stereocenters. The van der Waals surface area contributed by atoms with E-state index in [2.05, 4.69) is 4.98 Å². The van der Waals surface area contributed by atoms with Gasteiger partial charge < -0.3 is 9.84 Å². The van der Waals surface area contributed by atoms with Crippen LogP contribution in [0.5, 0.6) is 5.75 Å². The Labute approximate surface area is 213 Å². The summed E-state index contributed by atoms with van der Waals surface area (Å²) in [5.74, 6) is -1.56. The molecular formula is C25H16ClN3O6S. The summed E-state index contributed by atoms with van der Waals surface area (Å²) in [6, 6.07) is 15.8. The van der Waals surface area contributed by atoms with Crippen LogP contribution in [0.1, 0.15) is 17.2 Å². The van der Waals surface area contributed by atoms with E-state index in [0.29, 0.717) is 27.4 Å². The predicted molar refractivity (Wildman–Crippen MR) is 136 cm³/mol. The van der Waals surface area contributed by atoms with Crippen molar-refractivity contribution in [2.24, 2.45) is 0 Å². The van der Waals surface area contributed by atoms with Gasteiger partial charge in [-0.1, -0.05) is 22.9 Å². The number of fused-ring (bicyclic) bond motifs is 1. The van der Waals surface area contributed by atoms with Crippen LogP contribution in [-0.4, -0.2) is 33.8 Å². The number of hydrogen-bond donors (Lipinski definition) is 1. The lowest BCUT2D eigenvalue weighted by Gasteiger charge is -2.22. The van der Waals surface area contributed by atoms with Crippen LogP contribution in [0.4, 0.5) is 10.8 Å². The molecule has 2 heterocycles. The number of benzene rings is 3. The molecular weight excluding hydrogens is 506 g/mol. The number of anilines is 1. The van der Waals surface area contributed by atoms with Crippen LogP contribution in [0.15, 0.2) is 72.3 Å². The van der Waals surface area contributed by atoms with Crippen molar-refractivity contribution in [1.29, 1.82) is 0 Å². The Morgan fingerprint density at radius 2 is 1.81 bits per heavy atom. The highest BCUT2D eigenvalue weighted by Crippen LogP contribution is 2.45. The van der Waals surface area contributed by atoms with Gasteiger partial charge in [-0.25, -0.2) is 4.98 Å². The van der Waals surface area contributed by atoms with Gasteiger partial charge >= 0.3 is 5.91 Å². The zero-order chi connectivity index (χ0) is 25.6. The summed E-state index contributed by atoms with van der Waals surface area (Å²) in [4.78, 5) is 42.9. The lowest BCUT2D eigenvalue weighted by molar-refractivity contribution is -0.384. The van der Waals surface area contributed by atoms with Crippen molar-refractivity contribution in [1.82, 2.24) is 4.98 Å². The maximum Gasteiger partial charge on any atom is 0.301 e. The molecule has 9 nitrogen and oxygen atoms in total. The average molecular weight is 522 g/mol. The van der Waals surface area contributed by atoms with Crippen molar-refractivity contribution >= 4 is 61.4 Å². The minimum Gasteiger partial charge on any atom is -0.507 e. The monoisotopic (exact) mass is 521 g/mol. The number of carbonyl (C=O) groups is 2. The molecule has 1 aliphatic rings. The fourth-order valence-corrected chi connectivity index (χ4v) is 5.16. The number of halogens is 1. The first-order valence-electron chi connectivity index (χ1n) is 10.5. The number of aromatic nitrogens is 1. The summed E-state index contributed by atoms with van der Waals surface area (Å²) >= 11 is 7.14. The van der Waals surface area contributed by atoms with Crippen LogP contribution in [0.2, 0.25) is 5.02 Å². The Morgan fingerprint density at radius 3 is 2.44 bits per heavy atom. The first-order chi connectivity index (χ1) is 17.3. The predicted octanol–water partition coefficient (Wildman–Crippen LogP) is 5.49. The van der Waals surface area contributed by atoms with Crippen LogP contribution in [0.25, 0.3) is 16.0 Å². The number of ether oxygens (including phenoxy) is 1. The summed E-state index contributed by atoms with van der Waals surface area (Å²) < 4.78 is 5.99. The van der Waals surface area contributed by atoms with Gasteiger partial charge in [-0.2, -0.15) is 0 Å². The molecule has 1 saturated heterocycles. The van der Waals surface area contributed by atoms with Crippen molar-refractivity contribution in [3.05, 3.63) is 98.6 Å². The molecule has 5 rings (SSSR count). The number of ketones is 1. The number of amides is 1. The van der Waals surface area contributed by atoms with E-state index in [4.69, 9.17) is 16.3 Å². The molecule has 1 amide bonds. The zero-order valence-corrected chi connectivity index (χ0v) is 20.1. The molecule has 0 radical (unpaired) electrons. The minimum absolute atomic E-state index is 0.152. The Kier molecular flexibility index (Phi) is 5.91. The summed E-state index contributed by atoms with van der Waals surface area (Å²) in [7, 11) is 1.53. The molecule has 1 N–H and O–H groups in total. The van der Waals surface area contributed by atoms with Gasteiger partial charge in [-0.15, -0.1) is 0 Å². The van der Waals surface area contributed by atoms with Gasteiger partial charge in [0, 0.05) is 22.7 Å². The van der Waals surface area contributed by atoms with E-state index in [1.807, 2.05) is 0 Å². The van der Waals surface area contributed by atoms with Gasteiger partial charge in [0.25, 0.3) is 11.5 Å². The summed E-state index contributed by atoms with van der Waals surface area (Å²) in [5.41, 5.74) is 0.969. The molecule has 11 heteroatoms. The first kappa shape index (κ1) is 23.5.